The lowest BCUT2D eigenvalue weighted by Gasteiger charge is -2.11. The van der Waals surface area contributed by atoms with E-state index in [4.69, 9.17) is 9.47 Å². The number of carbonyl (C=O) groups excluding carboxylic acids is 1. The maximum Gasteiger partial charge on any atom is 0.234 e. The standard InChI is InChI=1S/C22H21FN4O3S/c23-15-4-2-14(3-5-15)21-25-26-22(27(21)17-7-8-17)31-13-20(28)24-16-6-9-18-19(12-16)30-11-1-10-29-18/h2-6,9,12,17H,1,7-8,10-11,13H2,(H,24,28). The Labute approximate surface area is 183 Å². The molecule has 1 fully saturated rings. The van der Waals surface area contributed by atoms with Crippen molar-refractivity contribution >= 4 is 23.4 Å². The molecule has 1 aromatic heterocycles. The average Bonchev–Trinajstić information content (AvgIpc) is 3.56. The van der Waals surface area contributed by atoms with Crippen molar-refractivity contribution < 1.29 is 18.7 Å². The third-order valence-corrected chi connectivity index (χ3v) is 5.99. The predicted molar refractivity (Wildman–Crippen MR) is 115 cm³/mol. The Morgan fingerprint density at radius 1 is 1.10 bits per heavy atom. The summed E-state index contributed by atoms with van der Waals surface area (Å²) in [6, 6.07) is 11.9. The number of thioether (sulfide) groups is 1. The zero-order chi connectivity index (χ0) is 21.2. The molecule has 160 valence electrons. The van der Waals surface area contributed by atoms with E-state index in [9.17, 15) is 9.18 Å². The quantitative estimate of drug-likeness (QED) is 0.576. The van der Waals surface area contributed by atoms with Crippen LogP contribution in [0.15, 0.2) is 47.6 Å². The van der Waals surface area contributed by atoms with Gasteiger partial charge in [0.05, 0.1) is 19.0 Å². The normalized spacial score (nSPS) is 15.4. The second-order valence-electron chi connectivity index (χ2n) is 7.46. The van der Waals surface area contributed by atoms with Crippen LogP contribution in [0, 0.1) is 5.82 Å². The van der Waals surface area contributed by atoms with Crippen molar-refractivity contribution in [1.29, 1.82) is 0 Å². The van der Waals surface area contributed by atoms with Crippen molar-refractivity contribution in [2.75, 3.05) is 24.3 Å². The largest absolute Gasteiger partial charge is 0.490 e. The monoisotopic (exact) mass is 440 g/mol. The molecule has 0 unspecified atom stereocenters. The SMILES string of the molecule is O=C(CSc1nnc(-c2ccc(F)cc2)n1C1CC1)Nc1ccc2c(c1)OCCCO2. The number of ether oxygens (including phenoxy) is 2. The van der Waals surface area contributed by atoms with Crippen LogP contribution in [-0.2, 0) is 4.79 Å². The maximum absolute atomic E-state index is 13.3. The second kappa shape index (κ2) is 8.58. The molecule has 1 N–H and O–H groups in total. The van der Waals surface area contributed by atoms with E-state index in [0.717, 1.165) is 24.8 Å². The molecule has 1 aliphatic carbocycles. The lowest BCUT2D eigenvalue weighted by molar-refractivity contribution is -0.113. The van der Waals surface area contributed by atoms with Crippen LogP contribution in [0.3, 0.4) is 0 Å². The Balaban J connectivity index is 1.26. The summed E-state index contributed by atoms with van der Waals surface area (Å²) in [4.78, 5) is 12.5. The molecular weight excluding hydrogens is 419 g/mol. The Bertz CT molecular complexity index is 1100. The minimum atomic E-state index is -0.290. The van der Waals surface area contributed by atoms with Crippen molar-refractivity contribution in [3.05, 3.63) is 48.3 Å². The first-order valence-corrected chi connectivity index (χ1v) is 11.2. The summed E-state index contributed by atoms with van der Waals surface area (Å²) in [5.74, 6) is 1.79. The van der Waals surface area contributed by atoms with E-state index in [2.05, 4.69) is 20.1 Å². The molecule has 2 aliphatic rings. The maximum atomic E-state index is 13.3. The van der Waals surface area contributed by atoms with Crippen molar-refractivity contribution in [3.8, 4) is 22.9 Å². The van der Waals surface area contributed by atoms with Crippen LogP contribution < -0.4 is 14.8 Å². The number of halogens is 1. The molecule has 0 saturated heterocycles. The fourth-order valence-electron chi connectivity index (χ4n) is 3.40. The molecule has 1 amide bonds. The minimum absolute atomic E-state index is 0.145. The number of nitrogens with zero attached hydrogens (tertiary/aromatic N) is 3. The number of hydrogen-bond donors (Lipinski definition) is 1. The molecular formula is C22H21FN4O3S. The summed E-state index contributed by atoms with van der Waals surface area (Å²) in [5, 5.41) is 12.2. The number of anilines is 1. The highest BCUT2D eigenvalue weighted by Crippen LogP contribution is 2.41. The Kier molecular flexibility index (Phi) is 5.50. The molecule has 5 rings (SSSR count). The van der Waals surface area contributed by atoms with Crippen LogP contribution in [0.25, 0.3) is 11.4 Å². The number of carbonyl (C=O) groups is 1. The summed E-state index contributed by atoms with van der Waals surface area (Å²) in [7, 11) is 0. The molecule has 2 aromatic carbocycles. The van der Waals surface area contributed by atoms with Gasteiger partial charge in [0.1, 0.15) is 5.82 Å². The van der Waals surface area contributed by atoms with Gasteiger partial charge in [0.2, 0.25) is 5.91 Å². The zero-order valence-corrected chi connectivity index (χ0v) is 17.5. The molecule has 3 aromatic rings. The van der Waals surface area contributed by atoms with E-state index >= 15 is 0 Å². The van der Waals surface area contributed by atoms with Crippen molar-refractivity contribution in [2.45, 2.75) is 30.5 Å². The van der Waals surface area contributed by atoms with Gasteiger partial charge in [0, 0.05) is 29.8 Å². The Hall–Kier alpha value is -3.07. The number of nitrogens with one attached hydrogen (secondary N) is 1. The van der Waals surface area contributed by atoms with Gasteiger partial charge >= 0.3 is 0 Å². The van der Waals surface area contributed by atoms with Crippen molar-refractivity contribution in [3.63, 3.8) is 0 Å². The van der Waals surface area contributed by atoms with Gasteiger partial charge in [-0.15, -0.1) is 10.2 Å². The van der Waals surface area contributed by atoms with Gasteiger partial charge in [-0.2, -0.15) is 0 Å². The molecule has 0 spiro atoms. The number of hydrogen-bond acceptors (Lipinski definition) is 6. The first-order chi connectivity index (χ1) is 15.2. The fraction of sp³-hybridized carbons (Fsp3) is 0.318. The highest BCUT2D eigenvalue weighted by Gasteiger charge is 2.30. The van der Waals surface area contributed by atoms with Crippen LogP contribution in [0.2, 0.25) is 0 Å². The van der Waals surface area contributed by atoms with Crippen LogP contribution >= 0.6 is 11.8 Å². The highest BCUT2D eigenvalue weighted by atomic mass is 32.2. The topological polar surface area (TPSA) is 78.3 Å². The molecule has 9 heteroatoms. The number of rotatable bonds is 6. The number of fused-ring (bicyclic) bond motifs is 1. The molecule has 1 aliphatic heterocycles. The number of aromatic nitrogens is 3. The van der Waals surface area contributed by atoms with Gasteiger partial charge < -0.3 is 14.8 Å². The first kappa shape index (κ1) is 19.9. The van der Waals surface area contributed by atoms with Crippen molar-refractivity contribution in [1.82, 2.24) is 14.8 Å². The summed E-state index contributed by atoms with van der Waals surface area (Å²) >= 11 is 1.34. The summed E-state index contributed by atoms with van der Waals surface area (Å²) in [6.07, 6.45) is 2.92. The summed E-state index contributed by atoms with van der Waals surface area (Å²) in [5.41, 5.74) is 1.47. The molecule has 7 nitrogen and oxygen atoms in total. The van der Waals surface area contributed by atoms with E-state index < -0.39 is 0 Å². The van der Waals surface area contributed by atoms with Gasteiger partial charge in [0.15, 0.2) is 22.5 Å². The smallest absolute Gasteiger partial charge is 0.234 e. The van der Waals surface area contributed by atoms with Gasteiger partial charge in [-0.25, -0.2) is 4.39 Å². The minimum Gasteiger partial charge on any atom is -0.490 e. The number of amides is 1. The zero-order valence-electron chi connectivity index (χ0n) is 16.7. The lowest BCUT2D eigenvalue weighted by atomic mass is 10.2. The summed E-state index contributed by atoms with van der Waals surface area (Å²) in [6.45, 7) is 1.21. The van der Waals surface area contributed by atoms with E-state index in [1.54, 1.807) is 24.3 Å². The predicted octanol–water partition coefficient (Wildman–Crippen LogP) is 4.31. The second-order valence-corrected chi connectivity index (χ2v) is 8.41. The molecule has 0 atom stereocenters. The molecule has 2 heterocycles. The van der Waals surface area contributed by atoms with Crippen molar-refractivity contribution in [2.24, 2.45) is 0 Å². The molecule has 0 radical (unpaired) electrons. The average molecular weight is 441 g/mol. The van der Waals surface area contributed by atoms with Crippen LogP contribution in [0.4, 0.5) is 10.1 Å². The van der Waals surface area contributed by atoms with Crippen LogP contribution in [0.1, 0.15) is 25.3 Å². The third-order valence-electron chi connectivity index (χ3n) is 5.04. The van der Waals surface area contributed by atoms with Crippen LogP contribution in [0.5, 0.6) is 11.5 Å². The summed E-state index contributed by atoms with van der Waals surface area (Å²) < 4.78 is 26.6. The lowest BCUT2D eigenvalue weighted by Crippen LogP contribution is -2.14. The fourth-order valence-corrected chi connectivity index (χ4v) is 4.21. The van der Waals surface area contributed by atoms with E-state index in [0.29, 0.717) is 47.4 Å². The van der Waals surface area contributed by atoms with E-state index in [1.165, 1.54) is 23.9 Å². The number of benzene rings is 2. The molecule has 31 heavy (non-hydrogen) atoms. The van der Waals surface area contributed by atoms with E-state index in [-0.39, 0.29) is 17.5 Å². The molecule has 1 saturated carbocycles. The van der Waals surface area contributed by atoms with Crippen LogP contribution in [-0.4, -0.2) is 39.6 Å². The van der Waals surface area contributed by atoms with Gasteiger partial charge in [-0.3, -0.25) is 9.36 Å². The third kappa shape index (κ3) is 4.51. The Morgan fingerprint density at radius 2 is 1.87 bits per heavy atom. The highest BCUT2D eigenvalue weighted by molar-refractivity contribution is 7.99. The van der Waals surface area contributed by atoms with Gasteiger partial charge in [-0.1, -0.05) is 11.8 Å². The Morgan fingerprint density at radius 3 is 2.65 bits per heavy atom. The molecule has 0 bridgehead atoms. The van der Waals surface area contributed by atoms with Gasteiger partial charge in [0.25, 0.3) is 0 Å². The van der Waals surface area contributed by atoms with Gasteiger partial charge in [-0.05, 0) is 49.2 Å². The van der Waals surface area contributed by atoms with E-state index in [1.807, 2.05) is 6.07 Å². The first-order valence-electron chi connectivity index (χ1n) is 10.2.